The molecule has 2 aliphatic rings. The molecule has 0 radical (unpaired) electrons. The highest BCUT2D eigenvalue weighted by molar-refractivity contribution is 14.0. The minimum absolute atomic E-state index is 0. The van der Waals surface area contributed by atoms with E-state index in [0.717, 1.165) is 38.7 Å². The Morgan fingerprint density at radius 3 is 2.41 bits per heavy atom. The van der Waals surface area contributed by atoms with E-state index >= 15 is 0 Å². The van der Waals surface area contributed by atoms with Gasteiger partial charge in [-0.3, -0.25) is 9.89 Å². The normalized spacial score (nSPS) is 19.1. The highest BCUT2D eigenvalue weighted by Gasteiger charge is 2.20. The van der Waals surface area contributed by atoms with Crippen LogP contribution in [0.1, 0.15) is 51.0 Å². The van der Waals surface area contributed by atoms with Gasteiger partial charge in [0.25, 0.3) is 0 Å². The molecule has 2 N–H and O–H groups in total. The maximum atomic E-state index is 4.82. The Hall–Kier alpha value is -0.860. The zero-order valence-electron chi connectivity index (χ0n) is 18.1. The SMILES string of the molecule is CCNC(=NCCCCN1CCCC1)NC1CCN(Cc2ccccc2)CC1.I. The van der Waals surface area contributed by atoms with Gasteiger partial charge in [0.15, 0.2) is 5.96 Å². The number of hydrogen-bond donors (Lipinski definition) is 2. The maximum absolute atomic E-state index is 4.82. The zero-order chi connectivity index (χ0) is 19.4. The summed E-state index contributed by atoms with van der Waals surface area (Å²) >= 11 is 0. The van der Waals surface area contributed by atoms with Gasteiger partial charge in [0, 0.05) is 38.8 Å². The largest absolute Gasteiger partial charge is 0.357 e. The lowest BCUT2D eigenvalue weighted by molar-refractivity contribution is 0.198. The van der Waals surface area contributed by atoms with E-state index < -0.39 is 0 Å². The highest BCUT2D eigenvalue weighted by Crippen LogP contribution is 2.14. The van der Waals surface area contributed by atoms with Crippen LogP contribution in [-0.2, 0) is 6.54 Å². The topological polar surface area (TPSA) is 42.9 Å². The van der Waals surface area contributed by atoms with Crippen molar-refractivity contribution in [1.29, 1.82) is 0 Å². The van der Waals surface area contributed by atoms with E-state index in [4.69, 9.17) is 4.99 Å². The average Bonchev–Trinajstić information content (AvgIpc) is 3.24. The number of unbranched alkanes of at least 4 members (excludes halogenated alkanes) is 1. The van der Waals surface area contributed by atoms with Crippen molar-refractivity contribution in [3.63, 3.8) is 0 Å². The molecular weight excluding hydrogens is 473 g/mol. The average molecular weight is 514 g/mol. The fourth-order valence-electron chi connectivity index (χ4n) is 4.23. The van der Waals surface area contributed by atoms with Crippen LogP contribution in [0, 0.1) is 0 Å². The number of piperidine rings is 1. The van der Waals surface area contributed by atoms with E-state index in [9.17, 15) is 0 Å². The summed E-state index contributed by atoms with van der Waals surface area (Å²) in [7, 11) is 0. The molecule has 0 atom stereocenters. The van der Waals surface area contributed by atoms with E-state index in [1.807, 2.05) is 0 Å². The molecule has 2 heterocycles. The summed E-state index contributed by atoms with van der Waals surface area (Å²) in [5.74, 6) is 1.00. The van der Waals surface area contributed by atoms with E-state index in [2.05, 4.69) is 57.7 Å². The van der Waals surface area contributed by atoms with Crippen molar-refractivity contribution in [3.05, 3.63) is 35.9 Å². The summed E-state index contributed by atoms with van der Waals surface area (Å²) in [4.78, 5) is 9.98. The number of benzene rings is 1. The van der Waals surface area contributed by atoms with Crippen molar-refractivity contribution in [1.82, 2.24) is 20.4 Å². The molecule has 0 unspecified atom stereocenters. The minimum Gasteiger partial charge on any atom is -0.357 e. The van der Waals surface area contributed by atoms with Gasteiger partial charge in [-0.2, -0.15) is 0 Å². The molecule has 2 aliphatic heterocycles. The van der Waals surface area contributed by atoms with Crippen LogP contribution < -0.4 is 10.6 Å². The van der Waals surface area contributed by atoms with Gasteiger partial charge in [-0.05, 0) is 70.6 Å². The molecule has 2 fully saturated rings. The van der Waals surface area contributed by atoms with Crippen molar-refractivity contribution in [2.24, 2.45) is 4.99 Å². The van der Waals surface area contributed by atoms with Crippen LogP contribution in [0.4, 0.5) is 0 Å². The summed E-state index contributed by atoms with van der Waals surface area (Å²) < 4.78 is 0. The number of rotatable bonds is 9. The lowest BCUT2D eigenvalue weighted by Gasteiger charge is -2.33. The molecule has 29 heavy (non-hydrogen) atoms. The molecule has 5 nitrogen and oxygen atoms in total. The Morgan fingerprint density at radius 1 is 1.00 bits per heavy atom. The Kier molecular flexibility index (Phi) is 12.0. The second-order valence-corrected chi connectivity index (χ2v) is 8.20. The van der Waals surface area contributed by atoms with Gasteiger partial charge in [-0.25, -0.2) is 0 Å². The monoisotopic (exact) mass is 513 g/mol. The molecule has 164 valence electrons. The first-order valence-corrected chi connectivity index (χ1v) is 11.4. The van der Waals surface area contributed by atoms with E-state index in [0.29, 0.717) is 6.04 Å². The third kappa shape index (κ3) is 9.22. The fraction of sp³-hybridized carbons (Fsp3) is 0.696. The van der Waals surface area contributed by atoms with Crippen LogP contribution in [-0.4, -0.2) is 67.6 Å². The molecule has 1 aromatic rings. The number of nitrogens with zero attached hydrogens (tertiary/aromatic N) is 3. The Bertz CT molecular complexity index is 566. The van der Waals surface area contributed by atoms with Gasteiger partial charge in [0.1, 0.15) is 0 Å². The van der Waals surface area contributed by atoms with E-state index in [1.165, 1.54) is 63.7 Å². The molecule has 2 saturated heterocycles. The van der Waals surface area contributed by atoms with Gasteiger partial charge in [-0.1, -0.05) is 30.3 Å². The van der Waals surface area contributed by atoms with Crippen LogP contribution in [0.25, 0.3) is 0 Å². The molecule has 0 spiro atoms. The first kappa shape index (κ1) is 24.4. The Morgan fingerprint density at radius 2 is 1.72 bits per heavy atom. The van der Waals surface area contributed by atoms with Crippen molar-refractivity contribution in [3.8, 4) is 0 Å². The Balaban J connectivity index is 0.00000300. The fourth-order valence-corrected chi connectivity index (χ4v) is 4.23. The lowest BCUT2D eigenvalue weighted by atomic mass is 10.0. The second-order valence-electron chi connectivity index (χ2n) is 8.20. The standard InChI is InChI=1S/C23H39N5.HI/c1-2-24-23(25-14-6-7-15-27-16-8-9-17-27)26-22-12-18-28(19-13-22)20-21-10-4-3-5-11-21;/h3-5,10-11,22H,2,6-9,12-20H2,1H3,(H2,24,25,26);1H. The van der Waals surface area contributed by atoms with Crippen molar-refractivity contribution < 1.29 is 0 Å². The minimum atomic E-state index is 0. The van der Waals surface area contributed by atoms with Gasteiger partial charge >= 0.3 is 0 Å². The van der Waals surface area contributed by atoms with Gasteiger partial charge in [0.2, 0.25) is 0 Å². The van der Waals surface area contributed by atoms with E-state index in [1.54, 1.807) is 0 Å². The first-order chi connectivity index (χ1) is 13.8. The lowest BCUT2D eigenvalue weighted by Crippen LogP contribution is -2.48. The summed E-state index contributed by atoms with van der Waals surface area (Å²) in [6.07, 6.45) is 7.59. The molecule has 0 bridgehead atoms. The van der Waals surface area contributed by atoms with Crippen LogP contribution >= 0.6 is 24.0 Å². The number of aliphatic imine (C=N–C) groups is 1. The second kappa shape index (κ2) is 14.2. The van der Waals surface area contributed by atoms with Crippen molar-refractivity contribution in [2.45, 2.75) is 58.0 Å². The maximum Gasteiger partial charge on any atom is 0.191 e. The molecular formula is C23H40IN5. The van der Waals surface area contributed by atoms with Crippen LogP contribution in [0.2, 0.25) is 0 Å². The predicted octanol–water partition coefficient (Wildman–Crippen LogP) is 3.70. The molecule has 3 rings (SSSR count). The number of halogens is 1. The molecule has 1 aromatic carbocycles. The third-order valence-corrected chi connectivity index (χ3v) is 5.87. The predicted molar refractivity (Wildman–Crippen MR) is 134 cm³/mol. The number of hydrogen-bond acceptors (Lipinski definition) is 3. The molecule has 0 aliphatic carbocycles. The quantitative estimate of drug-likeness (QED) is 0.229. The van der Waals surface area contributed by atoms with Crippen LogP contribution in [0.5, 0.6) is 0 Å². The number of guanidine groups is 1. The molecule has 0 amide bonds. The number of likely N-dealkylation sites (tertiary alicyclic amines) is 2. The van der Waals surface area contributed by atoms with Gasteiger partial charge in [-0.15, -0.1) is 24.0 Å². The van der Waals surface area contributed by atoms with Crippen molar-refractivity contribution >= 4 is 29.9 Å². The zero-order valence-corrected chi connectivity index (χ0v) is 20.4. The van der Waals surface area contributed by atoms with Crippen LogP contribution in [0.15, 0.2) is 35.3 Å². The third-order valence-electron chi connectivity index (χ3n) is 5.87. The Labute approximate surface area is 194 Å². The van der Waals surface area contributed by atoms with Gasteiger partial charge < -0.3 is 15.5 Å². The summed E-state index contributed by atoms with van der Waals surface area (Å²) in [5.41, 5.74) is 1.41. The summed E-state index contributed by atoms with van der Waals surface area (Å²) in [5, 5.41) is 7.10. The number of nitrogens with one attached hydrogen (secondary N) is 2. The highest BCUT2D eigenvalue weighted by atomic mass is 127. The summed E-state index contributed by atoms with van der Waals surface area (Å²) in [6, 6.07) is 11.3. The molecule has 0 aromatic heterocycles. The van der Waals surface area contributed by atoms with E-state index in [-0.39, 0.29) is 24.0 Å². The van der Waals surface area contributed by atoms with Crippen molar-refractivity contribution in [2.75, 3.05) is 45.8 Å². The molecule has 0 saturated carbocycles. The van der Waals surface area contributed by atoms with Crippen LogP contribution in [0.3, 0.4) is 0 Å². The summed E-state index contributed by atoms with van der Waals surface area (Å²) in [6.45, 7) is 11.2. The van der Waals surface area contributed by atoms with Gasteiger partial charge in [0.05, 0.1) is 0 Å². The first-order valence-electron chi connectivity index (χ1n) is 11.4. The molecule has 6 heteroatoms. The smallest absolute Gasteiger partial charge is 0.191 e.